The molecule has 20 heavy (non-hydrogen) atoms. The molecule has 1 heterocycles. The average molecular weight is 288 g/mol. The van der Waals surface area contributed by atoms with E-state index >= 15 is 0 Å². The van der Waals surface area contributed by atoms with Crippen molar-refractivity contribution in [1.82, 2.24) is 10.2 Å². The van der Waals surface area contributed by atoms with Crippen LogP contribution in [0.25, 0.3) is 0 Å². The number of hydrogen-bond acceptors (Lipinski definition) is 3. The fourth-order valence-electron chi connectivity index (χ4n) is 2.46. The first-order valence-corrected chi connectivity index (χ1v) is 6.76. The van der Waals surface area contributed by atoms with Crippen LogP contribution in [0.15, 0.2) is 24.3 Å². The zero-order chi connectivity index (χ0) is 14.6. The Morgan fingerprint density at radius 1 is 1.20 bits per heavy atom. The van der Waals surface area contributed by atoms with Gasteiger partial charge in [0, 0.05) is 26.2 Å². The van der Waals surface area contributed by atoms with Crippen molar-refractivity contribution >= 4 is 0 Å². The maximum atomic E-state index is 13.3. The number of ether oxygens (including phenoxy) is 1. The molecule has 1 aliphatic heterocycles. The van der Waals surface area contributed by atoms with Crippen molar-refractivity contribution in [3.05, 3.63) is 29.8 Å². The Kier molecular flexibility index (Phi) is 4.88. The lowest BCUT2D eigenvalue weighted by atomic mass is 10.0. The maximum Gasteiger partial charge on any atom is 0.408 e. The highest BCUT2D eigenvalue weighted by atomic mass is 19.4. The summed E-state index contributed by atoms with van der Waals surface area (Å²) in [6.45, 7) is 4.31. The van der Waals surface area contributed by atoms with E-state index < -0.39 is 12.2 Å². The van der Waals surface area contributed by atoms with Crippen LogP contribution in [0.2, 0.25) is 0 Å². The van der Waals surface area contributed by atoms with Crippen molar-refractivity contribution in [3.63, 3.8) is 0 Å². The summed E-state index contributed by atoms with van der Waals surface area (Å²) in [5.41, 5.74) is 0.267. The minimum atomic E-state index is -4.27. The van der Waals surface area contributed by atoms with Gasteiger partial charge in [0.2, 0.25) is 0 Å². The van der Waals surface area contributed by atoms with Crippen LogP contribution in [-0.2, 0) is 0 Å². The molecular formula is C14H19F3N2O. The SMILES string of the molecule is CCOc1ccc([C@H](N2CCNCC2)C(F)(F)F)cc1. The van der Waals surface area contributed by atoms with Crippen molar-refractivity contribution < 1.29 is 17.9 Å². The summed E-state index contributed by atoms with van der Waals surface area (Å²) >= 11 is 0. The average Bonchev–Trinajstić information content (AvgIpc) is 2.41. The van der Waals surface area contributed by atoms with Crippen LogP contribution >= 0.6 is 0 Å². The van der Waals surface area contributed by atoms with Crippen LogP contribution < -0.4 is 10.1 Å². The lowest BCUT2D eigenvalue weighted by Gasteiger charge is -2.36. The molecule has 1 saturated heterocycles. The molecular weight excluding hydrogens is 269 g/mol. The van der Waals surface area contributed by atoms with Gasteiger partial charge in [0.25, 0.3) is 0 Å². The molecule has 0 bridgehead atoms. The van der Waals surface area contributed by atoms with Gasteiger partial charge in [-0.05, 0) is 24.6 Å². The largest absolute Gasteiger partial charge is 0.494 e. The minimum absolute atomic E-state index is 0.267. The molecule has 6 heteroatoms. The molecule has 2 rings (SSSR count). The molecule has 1 aromatic rings. The van der Waals surface area contributed by atoms with Crippen molar-refractivity contribution in [1.29, 1.82) is 0 Å². The van der Waals surface area contributed by atoms with E-state index in [-0.39, 0.29) is 5.56 Å². The molecule has 1 atom stereocenters. The number of nitrogens with one attached hydrogen (secondary N) is 1. The lowest BCUT2D eigenvalue weighted by molar-refractivity contribution is -0.187. The van der Waals surface area contributed by atoms with Crippen LogP contribution in [0.4, 0.5) is 13.2 Å². The predicted molar refractivity (Wildman–Crippen MR) is 70.8 cm³/mol. The van der Waals surface area contributed by atoms with Crippen molar-refractivity contribution in [2.45, 2.75) is 19.1 Å². The molecule has 3 nitrogen and oxygen atoms in total. The van der Waals surface area contributed by atoms with Gasteiger partial charge in [-0.2, -0.15) is 13.2 Å². The molecule has 0 amide bonds. The monoisotopic (exact) mass is 288 g/mol. The molecule has 1 aromatic carbocycles. The van der Waals surface area contributed by atoms with Gasteiger partial charge in [0.05, 0.1) is 6.61 Å². The van der Waals surface area contributed by atoms with Crippen LogP contribution in [0.3, 0.4) is 0 Å². The molecule has 0 aromatic heterocycles. The van der Waals surface area contributed by atoms with Crippen molar-refractivity contribution in [2.75, 3.05) is 32.8 Å². The van der Waals surface area contributed by atoms with Gasteiger partial charge in [0.1, 0.15) is 11.8 Å². The molecule has 0 saturated carbocycles. The van der Waals surface area contributed by atoms with E-state index in [1.165, 1.54) is 17.0 Å². The second-order valence-electron chi connectivity index (χ2n) is 4.73. The first kappa shape index (κ1) is 15.1. The van der Waals surface area contributed by atoms with Gasteiger partial charge in [-0.15, -0.1) is 0 Å². The predicted octanol–water partition coefficient (Wildman–Crippen LogP) is 2.59. The van der Waals surface area contributed by atoms with E-state index in [2.05, 4.69) is 5.32 Å². The fourth-order valence-corrected chi connectivity index (χ4v) is 2.46. The second kappa shape index (κ2) is 6.45. The molecule has 1 aliphatic rings. The van der Waals surface area contributed by atoms with E-state index in [4.69, 9.17) is 4.74 Å². The minimum Gasteiger partial charge on any atom is -0.494 e. The summed E-state index contributed by atoms with van der Waals surface area (Å²) < 4.78 is 45.3. The van der Waals surface area contributed by atoms with Crippen molar-refractivity contribution in [2.24, 2.45) is 0 Å². The van der Waals surface area contributed by atoms with Gasteiger partial charge < -0.3 is 10.1 Å². The van der Waals surface area contributed by atoms with E-state index in [0.29, 0.717) is 38.5 Å². The quantitative estimate of drug-likeness (QED) is 0.921. The molecule has 0 aliphatic carbocycles. The van der Waals surface area contributed by atoms with Gasteiger partial charge in [-0.1, -0.05) is 12.1 Å². The van der Waals surface area contributed by atoms with E-state index in [1.807, 2.05) is 6.92 Å². The van der Waals surface area contributed by atoms with Crippen LogP contribution in [-0.4, -0.2) is 43.9 Å². The van der Waals surface area contributed by atoms with Gasteiger partial charge >= 0.3 is 6.18 Å². The number of piperazine rings is 1. The number of halogens is 3. The summed E-state index contributed by atoms with van der Waals surface area (Å²) in [7, 11) is 0. The van der Waals surface area contributed by atoms with Gasteiger partial charge in [0.15, 0.2) is 0 Å². The summed E-state index contributed by atoms with van der Waals surface area (Å²) in [4.78, 5) is 1.48. The number of hydrogen-bond donors (Lipinski definition) is 1. The molecule has 0 spiro atoms. The molecule has 1 N–H and O–H groups in total. The highest BCUT2D eigenvalue weighted by molar-refractivity contribution is 5.30. The first-order valence-electron chi connectivity index (χ1n) is 6.76. The summed E-state index contributed by atoms with van der Waals surface area (Å²) in [6, 6.07) is 4.66. The smallest absolute Gasteiger partial charge is 0.408 e. The maximum absolute atomic E-state index is 13.3. The molecule has 112 valence electrons. The lowest BCUT2D eigenvalue weighted by Crippen LogP contribution is -2.49. The third kappa shape index (κ3) is 3.64. The topological polar surface area (TPSA) is 24.5 Å². The van der Waals surface area contributed by atoms with E-state index in [9.17, 15) is 13.2 Å². The molecule has 0 unspecified atom stereocenters. The van der Waals surface area contributed by atoms with E-state index in [1.54, 1.807) is 12.1 Å². The zero-order valence-corrected chi connectivity index (χ0v) is 11.4. The summed E-state index contributed by atoms with van der Waals surface area (Å²) in [5, 5.41) is 3.07. The highest BCUT2D eigenvalue weighted by Gasteiger charge is 2.44. The standard InChI is InChI=1S/C14H19F3N2O/c1-2-20-12-5-3-11(4-6-12)13(14(15,16)17)19-9-7-18-8-10-19/h3-6,13,18H,2,7-10H2,1H3/t13-/m0/s1. The Balaban J connectivity index is 2.21. The first-order chi connectivity index (χ1) is 9.52. The van der Waals surface area contributed by atoms with Crippen LogP contribution in [0.5, 0.6) is 5.75 Å². The third-order valence-electron chi connectivity index (χ3n) is 3.33. The Morgan fingerprint density at radius 2 is 1.80 bits per heavy atom. The van der Waals surface area contributed by atoms with Gasteiger partial charge in [-0.25, -0.2) is 0 Å². The summed E-state index contributed by atoms with van der Waals surface area (Å²) in [5.74, 6) is 0.595. The second-order valence-corrected chi connectivity index (χ2v) is 4.73. The zero-order valence-electron chi connectivity index (χ0n) is 11.4. The Hall–Kier alpha value is -1.27. The van der Waals surface area contributed by atoms with Crippen molar-refractivity contribution in [3.8, 4) is 5.75 Å². The number of benzene rings is 1. The Bertz CT molecular complexity index is 413. The highest BCUT2D eigenvalue weighted by Crippen LogP contribution is 2.38. The normalized spacial score (nSPS) is 18.8. The molecule has 1 fully saturated rings. The number of alkyl halides is 3. The Labute approximate surface area is 116 Å². The third-order valence-corrected chi connectivity index (χ3v) is 3.33. The Morgan fingerprint density at radius 3 is 2.30 bits per heavy atom. The number of nitrogens with zero attached hydrogens (tertiary/aromatic N) is 1. The number of rotatable bonds is 4. The van der Waals surface area contributed by atoms with Crippen LogP contribution in [0.1, 0.15) is 18.5 Å². The summed E-state index contributed by atoms with van der Waals surface area (Å²) in [6.07, 6.45) is -4.27. The van der Waals surface area contributed by atoms with E-state index in [0.717, 1.165) is 0 Å². The van der Waals surface area contributed by atoms with Crippen LogP contribution in [0, 0.1) is 0 Å². The molecule has 0 radical (unpaired) electrons. The fraction of sp³-hybridized carbons (Fsp3) is 0.571. The van der Waals surface area contributed by atoms with Gasteiger partial charge in [-0.3, -0.25) is 4.90 Å².